The van der Waals surface area contributed by atoms with Crippen molar-refractivity contribution >= 4 is 5.97 Å². The Morgan fingerprint density at radius 1 is 1.60 bits per heavy atom. The summed E-state index contributed by atoms with van der Waals surface area (Å²) in [6.45, 7) is 0.985. The highest BCUT2D eigenvalue weighted by atomic mass is 16.5. The molecule has 1 heterocycles. The van der Waals surface area contributed by atoms with E-state index in [0.717, 1.165) is 5.69 Å². The van der Waals surface area contributed by atoms with E-state index in [1.165, 1.54) is 0 Å². The number of aliphatic carboxylic acids is 1. The van der Waals surface area contributed by atoms with Crippen molar-refractivity contribution in [1.82, 2.24) is 10.3 Å². The molecule has 0 aliphatic carbocycles. The second kappa shape index (κ2) is 5.98. The van der Waals surface area contributed by atoms with Gasteiger partial charge in [0.25, 0.3) is 0 Å². The number of pyridine rings is 1. The largest absolute Gasteiger partial charge is 0.481 e. The first-order valence-electron chi connectivity index (χ1n) is 4.65. The number of carbonyl (C=O) groups is 1. The molecule has 0 aliphatic heterocycles. The van der Waals surface area contributed by atoms with E-state index in [-0.39, 0.29) is 6.42 Å². The molecule has 15 heavy (non-hydrogen) atoms. The van der Waals surface area contributed by atoms with E-state index < -0.39 is 5.97 Å². The Morgan fingerprint density at radius 3 is 3.07 bits per heavy atom. The van der Waals surface area contributed by atoms with E-state index in [1.54, 1.807) is 13.2 Å². The third-order valence-electron chi connectivity index (χ3n) is 1.81. The second-order valence-electron chi connectivity index (χ2n) is 2.99. The van der Waals surface area contributed by atoms with Crippen molar-refractivity contribution in [1.29, 1.82) is 0 Å². The van der Waals surface area contributed by atoms with E-state index in [9.17, 15) is 4.79 Å². The number of hydrogen-bond acceptors (Lipinski definition) is 4. The maximum atomic E-state index is 10.2. The molecule has 82 valence electrons. The van der Waals surface area contributed by atoms with Gasteiger partial charge in [-0.25, -0.2) is 4.98 Å². The number of ether oxygens (including phenoxy) is 1. The first-order valence-corrected chi connectivity index (χ1v) is 4.65. The number of aromatic nitrogens is 1. The molecule has 0 spiro atoms. The Balaban J connectivity index is 2.33. The third kappa shape index (κ3) is 4.42. The molecule has 1 aromatic heterocycles. The summed E-state index contributed by atoms with van der Waals surface area (Å²) in [5, 5.41) is 11.4. The monoisotopic (exact) mass is 210 g/mol. The molecule has 0 aliphatic rings. The number of hydrogen-bond donors (Lipinski definition) is 2. The number of carboxylic acids is 1. The fraction of sp³-hybridized carbons (Fsp3) is 0.400. The summed E-state index contributed by atoms with van der Waals surface area (Å²) in [5.41, 5.74) is 0.833. The summed E-state index contributed by atoms with van der Waals surface area (Å²) < 4.78 is 4.97. The second-order valence-corrected chi connectivity index (χ2v) is 2.99. The Hall–Kier alpha value is -1.62. The average molecular weight is 210 g/mol. The van der Waals surface area contributed by atoms with E-state index in [4.69, 9.17) is 9.84 Å². The Kier molecular flexibility index (Phi) is 4.56. The Labute approximate surface area is 88.1 Å². The van der Waals surface area contributed by atoms with Crippen molar-refractivity contribution in [2.45, 2.75) is 13.0 Å². The SMILES string of the molecule is COc1cccc(CNCCC(=O)O)n1. The van der Waals surface area contributed by atoms with Crippen LogP contribution in [0, 0.1) is 0 Å². The van der Waals surface area contributed by atoms with Gasteiger partial charge in [-0.05, 0) is 6.07 Å². The molecule has 1 aromatic rings. The minimum Gasteiger partial charge on any atom is -0.481 e. The predicted octanol–water partition coefficient (Wildman–Crippen LogP) is 0.654. The van der Waals surface area contributed by atoms with E-state index >= 15 is 0 Å². The molecule has 0 unspecified atom stereocenters. The molecule has 1 rings (SSSR count). The molecule has 0 amide bonds. The van der Waals surface area contributed by atoms with Crippen molar-refractivity contribution in [3.63, 3.8) is 0 Å². The highest BCUT2D eigenvalue weighted by molar-refractivity contribution is 5.66. The van der Waals surface area contributed by atoms with Crippen LogP contribution >= 0.6 is 0 Å². The van der Waals surface area contributed by atoms with E-state index in [1.807, 2.05) is 12.1 Å². The van der Waals surface area contributed by atoms with Crippen LogP contribution in [0.4, 0.5) is 0 Å². The first-order chi connectivity index (χ1) is 7.22. The molecule has 0 radical (unpaired) electrons. The molecule has 0 bridgehead atoms. The standard InChI is InChI=1S/C10H14N2O3/c1-15-9-4-2-3-8(12-9)7-11-6-5-10(13)14/h2-4,11H,5-7H2,1H3,(H,13,14). The highest BCUT2D eigenvalue weighted by Crippen LogP contribution is 2.05. The summed E-state index contributed by atoms with van der Waals surface area (Å²) in [6.07, 6.45) is 0.115. The minimum atomic E-state index is -0.805. The molecule has 0 aromatic carbocycles. The summed E-state index contributed by atoms with van der Waals surface area (Å²) in [7, 11) is 1.56. The molecule has 0 saturated carbocycles. The van der Waals surface area contributed by atoms with Crippen LogP contribution < -0.4 is 10.1 Å². The molecule has 5 heteroatoms. The van der Waals surface area contributed by atoms with Gasteiger partial charge in [-0.3, -0.25) is 4.79 Å². The Bertz CT molecular complexity index is 328. The zero-order valence-electron chi connectivity index (χ0n) is 8.56. The van der Waals surface area contributed by atoms with Crippen LogP contribution in [-0.4, -0.2) is 29.7 Å². The minimum absolute atomic E-state index is 0.115. The van der Waals surface area contributed by atoms with Gasteiger partial charge in [0.1, 0.15) is 0 Å². The van der Waals surface area contributed by atoms with Crippen molar-refractivity contribution in [3.05, 3.63) is 23.9 Å². The molecule has 0 atom stereocenters. The zero-order valence-corrected chi connectivity index (χ0v) is 8.56. The van der Waals surface area contributed by atoms with E-state index in [0.29, 0.717) is 19.0 Å². The number of nitrogens with one attached hydrogen (secondary N) is 1. The van der Waals surface area contributed by atoms with Crippen molar-refractivity contribution in [3.8, 4) is 5.88 Å². The van der Waals surface area contributed by atoms with Gasteiger partial charge in [-0.2, -0.15) is 0 Å². The first kappa shape index (κ1) is 11.5. The lowest BCUT2D eigenvalue weighted by molar-refractivity contribution is -0.136. The number of methoxy groups -OCH3 is 1. The molecule has 5 nitrogen and oxygen atoms in total. The van der Waals surface area contributed by atoms with Gasteiger partial charge in [0.2, 0.25) is 5.88 Å². The maximum Gasteiger partial charge on any atom is 0.304 e. The van der Waals surface area contributed by atoms with Gasteiger partial charge in [-0.15, -0.1) is 0 Å². The van der Waals surface area contributed by atoms with Crippen LogP contribution in [0.2, 0.25) is 0 Å². The molecular weight excluding hydrogens is 196 g/mol. The van der Waals surface area contributed by atoms with Gasteiger partial charge in [0, 0.05) is 19.2 Å². The van der Waals surface area contributed by atoms with E-state index in [2.05, 4.69) is 10.3 Å². The Morgan fingerprint density at radius 2 is 2.40 bits per heavy atom. The molecule has 0 saturated heterocycles. The molecule has 0 fully saturated rings. The van der Waals surface area contributed by atoms with Crippen molar-refractivity contribution < 1.29 is 14.6 Å². The fourth-order valence-corrected chi connectivity index (χ4v) is 1.08. The fourth-order valence-electron chi connectivity index (χ4n) is 1.08. The highest BCUT2D eigenvalue weighted by Gasteiger charge is 1.98. The topological polar surface area (TPSA) is 71.5 Å². The van der Waals surface area contributed by atoms with Crippen LogP contribution in [0.3, 0.4) is 0 Å². The molecular formula is C10H14N2O3. The maximum absolute atomic E-state index is 10.2. The summed E-state index contributed by atoms with van der Waals surface area (Å²) in [5.74, 6) is -0.242. The van der Waals surface area contributed by atoms with Gasteiger partial charge in [0.15, 0.2) is 0 Å². The molecule has 2 N–H and O–H groups in total. The average Bonchev–Trinajstić information content (AvgIpc) is 2.24. The zero-order chi connectivity index (χ0) is 11.1. The normalized spacial score (nSPS) is 9.93. The van der Waals surface area contributed by atoms with Crippen LogP contribution in [0.25, 0.3) is 0 Å². The predicted molar refractivity (Wildman–Crippen MR) is 54.7 cm³/mol. The lowest BCUT2D eigenvalue weighted by Gasteiger charge is -2.04. The van der Waals surface area contributed by atoms with Crippen LogP contribution in [0.5, 0.6) is 5.88 Å². The van der Waals surface area contributed by atoms with Gasteiger partial charge in [-0.1, -0.05) is 6.07 Å². The van der Waals surface area contributed by atoms with Crippen LogP contribution in [-0.2, 0) is 11.3 Å². The summed E-state index contributed by atoms with van der Waals surface area (Å²) in [4.78, 5) is 14.4. The van der Waals surface area contributed by atoms with Gasteiger partial charge < -0.3 is 15.2 Å². The van der Waals surface area contributed by atoms with Crippen LogP contribution in [0.15, 0.2) is 18.2 Å². The smallest absolute Gasteiger partial charge is 0.304 e. The third-order valence-corrected chi connectivity index (χ3v) is 1.81. The van der Waals surface area contributed by atoms with Gasteiger partial charge in [0.05, 0.1) is 19.2 Å². The lowest BCUT2D eigenvalue weighted by Crippen LogP contribution is -2.18. The quantitative estimate of drug-likeness (QED) is 0.675. The lowest BCUT2D eigenvalue weighted by atomic mass is 10.3. The summed E-state index contributed by atoms with van der Waals surface area (Å²) in [6, 6.07) is 5.47. The number of nitrogens with zero attached hydrogens (tertiary/aromatic N) is 1. The van der Waals surface area contributed by atoms with Crippen molar-refractivity contribution in [2.75, 3.05) is 13.7 Å². The summed E-state index contributed by atoms with van der Waals surface area (Å²) >= 11 is 0. The number of carboxylic acid groups (broad SMARTS) is 1. The van der Waals surface area contributed by atoms with Gasteiger partial charge >= 0.3 is 5.97 Å². The van der Waals surface area contributed by atoms with Crippen LogP contribution in [0.1, 0.15) is 12.1 Å². The number of rotatable bonds is 6. The van der Waals surface area contributed by atoms with Crippen molar-refractivity contribution in [2.24, 2.45) is 0 Å².